The molecule has 0 unspecified atom stereocenters. The van der Waals surface area contributed by atoms with Gasteiger partial charge < -0.3 is 19.3 Å². The van der Waals surface area contributed by atoms with Gasteiger partial charge in [-0.05, 0) is 37.0 Å². The molecule has 1 aromatic carbocycles. The van der Waals surface area contributed by atoms with Crippen LogP contribution in [0.15, 0.2) is 29.4 Å². The normalized spacial score (nSPS) is 10.7. The first-order valence-corrected chi connectivity index (χ1v) is 12.1. The Morgan fingerprint density at radius 1 is 1.03 bits per heavy atom. The Morgan fingerprint density at radius 2 is 1.72 bits per heavy atom. The lowest BCUT2D eigenvalue weighted by molar-refractivity contribution is -0.128. The van der Waals surface area contributed by atoms with Crippen LogP contribution < -0.4 is 14.4 Å². The molecule has 2 rings (SSSR count). The first kappa shape index (κ1) is 26.1. The number of hydrogen-bond donors (Lipinski definition) is 0. The minimum atomic E-state index is 0.102. The SMILES string of the molecule is CCCN(CCC)C(=O)CSc1nc(Cl)cc(N(C)CCc2ccc(OC)c(OC)c2)n1. The number of nitrogens with zero attached hydrogens (tertiary/aromatic N) is 4. The maximum absolute atomic E-state index is 12.5. The molecule has 176 valence electrons. The molecule has 0 spiro atoms. The summed E-state index contributed by atoms with van der Waals surface area (Å²) in [6, 6.07) is 7.64. The summed E-state index contributed by atoms with van der Waals surface area (Å²) >= 11 is 7.57. The minimum Gasteiger partial charge on any atom is -0.493 e. The number of carbonyl (C=O) groups excluding carboxylic acids is 1. The van der Waals surface area contributed by atoms with Gasteiger partial charge in [-0.1, -0.05) is 43.3 Å². The number of anilines is 1. The molecule has 0 aliphatic heterocycles. The number of thioether (sulfide) groups is 1. The summed E-state index contributed by atoms with van der Waals surface area (Å²) in [7, 11) is 5.21. The third-order valence-corrected chi connectivity index (χ3v) is 5.93. The molecule has 0 saturated heterocycles. The van der Waals surface area contributed by atoms with Gasteiger partial charge in [0, 0.05) is 32.7 Å². The van der Waals surface area contributed by atoms with Crippen LogP contribution in [0.25, 0.3) is 0 Å². The molecule has 0 aliphatic carbocycles. The zero-order chi connectivity index (χ0) is 23.5. The highest BCUT2D eigenvalue weighted by molar-refractivity contribution is 7.99. The van der Waals surface area contributed by atoms with Crippen molar-refractivity contribution in [2.45, 2.75) is 38.3 Å². The Bertz CT molecular complexity index is 878. The van der Waals surface area contributed by atoms with Crippen LogP contribution in [0.5, 0.6) is 11.5 Å². The van der Waals surface area contributed by atoms with Gasteiger partial charge in [0.2, 0.25) is 5.91 Å². The topological polar surface area (TPSA) is 67.8 Å². The molecular weight excluding hydrogens is 448 g/mol. The third-order valence-electron chi connectivity index (χ3n) is 4.90. The summed E-state index contributed by atoms with van der Waals surface area (Å²) in [6.07, 6.45) is 2.68. The van der Waals surface area contributed by atoms with Crippen LogP contribution >= 0.6 is 23.4 Å². The van der Waals surface area contributed by atoms with Crippen LogP contribution in [0.1, 0.15) is 32.3 Å². The van der Waals surface area contributed by atoms with Crippen molar-refractivity contribution in [3.05, 3.63) is 35.0 Å². The summed E-state index contributed by atoms with van der Waals surface area (Å²) in [5.74, 6) is 2.54. The molecule has 32 heavy (non-hydrogen) atoms. The number of rotatable bonds is 13. The van der Waals surface area contributed by atoms with Crippen molar-refractivity contribution in [3.63, 3.8) is 0 Å². The quantitative estimate of drug-likeness (QED) is 0.236. The summed E-state index contributed by atoms with van der Waals surface area (Å²) < 4.78 is 10.7. The number of hydrogen-bond acceptors (Lipinski definition) is 7. The molecule has 0 atom stereocenters. The summed E-state index contributed by atoms with van der Waals surface area (Å²) in [6.45, 7) is 6.43. The van der Waals surface area contributed by atoms with Crippen LogP contribution in [-0.4, -0.2) is 67.4 Å². The number of ether oxygens (including phenoxy) is 2. The maximum atomic E-state index is 12.5. The molecule has 2 aromatic rings. The molecule has 1 amide bonds. The molecule has 1 aromatic heterocycles. The van der Waals surface area contributed by atoms with E-state index in [0.717, 1.165) is 50.3 Å². The highest BCUT2D eigenvalue weighted by atomic mass is 35.5. The number of benzene rings is 1. The van der Waals surface area contributed by atoms with Crippen molar-refractivity contribution in [1.82, 2.24) is 14.9 Å². The fourth-order valence-electron chi connectivity index (χ4n) is 3.21. The molecule has 0 N–H and O–H groups in total. The second-order valence-corrected chi connectivity index (χ2v) is 8.69. The molecule has 0 saturated carbocycles. The van der Waals surface area contributed by atoms with E-state index < -0.39 is 0 Å². The van der Waals surface area contributed by atoms with E-state index in [9.17, 15) is 4.79 Å². The molecule has 1 heterocycles. The summed E-state index contributed by atoms with van der Waals surface area (Å²) in [4.78, 5) is 25.4. The van der Waals surface area contributed by atoms with E-state index in [1.165, 1.54) is 11.8 Å². The van der Waals surface area contributed by atoms with E-state index in [0.29, 0.717) is 27.6 Å². The zero-order valence-electron chi connectivity index (χ0n) is 19.6. The monoisotopic (exact) mass is 480 g/mol. The average Bonchev–Trinajstić information content (AvgIpc) is 2.80. The number of methoxy groups -OCH3 is 2. The van der Waals surface area contributed by atoms with E-state index in [2.05, 4.69) is 23.8 Å². The van der Waals surface area contributed by atoms with Crippen molar-refractivity contribution in [2.75, 3.05) is 51.6 Å². The van der Waals surface area contributed by atoms with Crippen LogP contribution in [0.3, 0.4) is 0 Å². The lowest BCUT2D eigenvalue weighted by Crippen LogP contribution is -2.33. The predicted octanol–water partition coefficient (Wildman–Crippen LogP) is 4.57. The van der Waals surface area contributed by atoms with Crippen molar-refractivity contribution >= 4 is 35.1 Å². The van der Waals surface area contributed by atoms with Gasteiger partial charge in [0.25, 0.3) is 0 Å². The van der Waals surface area contributed by atoms with Gasteiger partial charge in [0.1, 0.15) is 11.0 Å². The van der Waals surface area contributed by atoms with Gasteiger partial charge in [-0.3, -0.25) is 4.79 Å². The van der Waals surface area contributed by atoms with Crippen molar-refractivity contribution < 1.29 is 14.3 Å². The lowest BCUT2D eigenvalue weighted by Gasteiger charge is -2.21. The first-order chi connectivity index (χ1) is 15.4. The highest BCUT2D eigenvalue weighted by Crippen LogP contribution is 2.28. The standard InChI is InChI=1S/C23H33ClN4O3S/c1-6-11-28(12-7-2)22(29)16-32-23-25-20(24)15-21(26-23)27(3)13-10-17-8-9-18(30-4)19(14-17)31-5/h8-9,14-15H,6-7,10-13,16H2,1-5H3. The largest absolute Gasteiger partial charge is 0.493 e. The highest BCUT2D eigenvalue weighted by Gasteiger charge is 2.15. The molecular formula is C23H33ClN4O3S. The summed E-state index contributed by atoms with van der Waals surface area (Å²) in [5.41, 5.74) is 1.13. The number of halogens is 1. The molecule has 0 bridgehead atoms. The van der Waals surface area contributed by atoms with E-state index in [-0.39, 0.29) is 5.91 Å². The molecule has 7 nitrogen and oxygen atoms in total. The second-order valence-electron chi connectivity index (χ2n) is 7.36. The van der Waals surface area contributed by atoms with Crippen molar-refractivity contribution in [1.29, 1.82) is 0 Å². The van der Waals surface area contributed by atoms with Gasteiger partial charge in [-0.15, -0.1) is 0 Å². The first-order valence-electron chi connectivity index (χ1n) is 10.8. The maximum Gasteiger partial charge on any atom is 0.233 e. The molecule has 0 radical (unpaired) electrons. The third kappa shape index (κ3) is 7.74. The van der Waals surface area contributed by atoms with Crippen LogP contribution in [0, 0.1) is 0 Å². The Balaban J connectivity index is 2.01. The van der Waals surface area contributed by atoms with Crippen molar-refractivity contribution in [3.8, 4) is 11.5 Å². The fraction of sp³-hybridized carbons (Fsp3) is 0.522. The smallest absolute Gasteiger partial charge is 0.233 e. The van der Waals surface area contributed by atoms with Crippen LogP contribution in [-0.2, 0) is 11.2 Å². The fourth-order valence-corrected chi connectivity index (χ4v) is 4.20. The van der Waals surface area contributed by atoms with E-state index in [4.69, 9.17) is 21.1 Å². The summed E-state index contributed by atoms with van der Waals surface area (Å²) in [5, 5.41) is 0.869. The van der Waals surface area contributed by atoms with Crippen molar-refractivity contribution in [2.24, 2.45) is 0 Å². The average molecular weight is 481 g/mol. The Labute approximate surface area is 200 Å². The van der Waals surface area contributed by atoms with Gasteiger partial charge in [-0.25, -0.2) is 9.97 Å². The predicted molar refractivity (Wildman–Crippen MR) is 131 cm³/mol. The Kier molecular flexibility index (Phi) is 10.9. The van der Waals surface area contributed by atoms with Gasteiger partial charge >= 0.3 is 0 Å². The minimum absolute atomic E-state index is 0.102. The van der Waals surface area contributed by atoms with Crippen LogP contribution in [0.2, 0.25) is 5.15 Å². The Hall–Kier alpha value is -2.19. The molecule has 0 fully saturated rings. The number of amides is 1. The van der Waals surface area contributed by atoms with Gasteiger partial charge in [0.05, 0.1) is 20.0 Å². The molecule has 0 aliphatic rings. The zero-order valence-corrected chi connectivity index (χ0v) is 21.1. The van der Waals surface area contributed by atoms with Gasteiger partial charge in [0.15, 0.2) is 16.7 Å². The molecule has 9 heteroatoms. The lowest BCUT2D eigenvalue weighted by atomic mass is 10.1. The van der Waals surface area contributed by atoms with Crippen LogP contribution in [0.4, 0.5) is 5.82 Å². The van der Waals surface area contributed by atoms with Gasteiger partial charge in [-0.2, -0.15) is 0 Å². The Morgan fingerprint density at radius 3 is 2.34 bits per heavy atom. The number of likely N-dealkylation sites (N-methyl/N-ethyl adjacent to an activating group) is 1. The number of aromatic nitrogens is 2. The van der Waals surface area contributed by atoms with E-state index in [1.807, 2.05) is 35.0 Å². The number of carbonyl (C=O) groups is 1. The van der Waals surface area contributed by atoms with E-state index in [1.54, 1.807) is 20.3 Å². The second kappa shape index (κ2) is 13.4. The van der Waals surface area contributed by atoms with E-state index >= 15 is 0 Å².